The molecule has 0 heterocycles. The Morgan fingerprint density at radius 1 is 1.00 bits per heavy atom. The van der Waals surface area contributed by atoms with Gasteiger partial charge in [-0.2, -0.15) is 0 Å². The Bertz CT molecular complexity index is 3.25. The van der Waals surface area contributed by atoms with Crippen LogP contribution in [-0.2, 0) is 0 Å². The van der Waals surface area contributed by atoms with Gasteiger partial charge in [0.1, 0.15) is 0 Å². The Labute approximate surface area is 52.4 Å². The van der Waals surface area contributed by atoms with Gasteiger partial charge in [-0.25, -0.2) is 0 Å². The summed E-state index contributed by atoms with van der Waals surface area (Å²) in [4.78, 5) is 0. The molecule has 0 amide bonds. The van der Waals surface area contributed by atoms with Crippen molar-refractivity contribution in [3.05, 3.63) is 7.43 Å². The fraction of sp³-hybridized carbons (Fsp3) is 0.667. The third-order valence-electron chi connectivity index (χ3n) is 0. The second-order valence-electron chi connectivity index (χ2n) is 0. The molecule has 0 atom stereocenters. The monoisotopic (exact) mass is 283 g/mol. The Hall–Kier alpha value is 1.05. The van der Waals surface area contributed by atoms with E-state index in [2.05, 4.69) is 0 Å². The summed E-state index contributed by atoms with van der Waals surface area (Å²) >= 11 is 0. The van der Waals surface area contributed by atoms with E-state index in [9.17, 15) is 0 Å². The molecule has 0 radical (unpaired) electrons. The van der Waals surface area contributed by atoms with Gasteiger partial charge in [-0.15, -0.1) is 0 Å². The smallest absolute Gasteiger partial charge is 0 e. The molecule has 0 saturated carbocycles. The van der Waals surface area contributed by atoms with Gasteiger partial charge >= 0.3 is 0 Å². The Morgan fingerprint density at radius 2 is 1.00 bits per heavy atom. The third kappa shape index (κ3) is 11.6. The second kappa shape index (κ2) is 34.1. The third-order valence-corrected chi connectivity index (χ3v) is 0. The maximum absolute atomic E-state index is 2.00. The van der Waals surface area contributed by atoms with Gasteiger partial charge in [0, 0.05) is 31.1 Å². The van der Waals surface area contributed by atoms with E-state index in [4.69, 9.17) is 0 Å². The minimum Gasteiger partial charge on any atom is -0.358 e. The summed E-state index contributed by atoms with van der Waals surface area (Å²) in [5.74, 6) is 0. The van der Waals surface area contributed by atoms with Crippen LogP contribution < -0.4 is 0 Å². The zero-order chi connectivity index (χ0) is 2.00. The molecular formula is C3H9U-. The first kappa shape index (κ1) is 19.7. The standard InChI is InChI=1S/C2H6.CH3.U/c1-2;;/h1-2H3;1H3;/q;-1;. The molecule has 0 aliphatic rings. The molecule has 4 heavy (non-hydrogen) atoms. The summed E-state index contributed by atoms with van der Waals surface area (Å²) in [6.07, 6.45) is 0. The fourth-order valence-corrected chi connectivity index (χ4v) is 0. The topological polar surface area (TPSA) is 0 Å². The van der Waals surface area contributed by atoms with Crippen LogP contribution in [0.25, 0.3) is 0 Å². The van der Waals surface area contributed by atoms with Crippen LogP contribution in [0.2, 0.25) is 0 Å². The average molecular weight is 283 g/mol. The molecule has 0 aromatic carbocycles. The first-order valence-electron chi connectivity index (χ1n) is 1.00. The molecule has 0 spiro atoms. The van der Waals surface area contributed by atoms with E-state index in [1.165, 1.54) is 0 Å². The Kier molecular flexibility index (Phi) is 168. The first-order valence-corrected chi connectivity index (χ1v) is 1.00. The van der Waals surface area contributed by atoms with Crippen molar-refractivity contribution in [1.82, 2.24) is 0 Å². The van der Waals surface area contributed by atoms with E-state index in [0.717, 1.165) is 0 Å². The summed E-state index contributed by atoms with van der Waals surface area (Å²) in [5.41, 5.74) is 0. The zero-order valence-corrected chi connectivity index (χ0v) is 7.66. The van der Waals surface area contributed by atoms with Gasteiger partial charge in [-0.1, -0.05) is 13.8 Å². The van der Waals surface area contributed by atoms with Gasteiger partial charge in [0.25, 0.3) is 0 Å². The van der Waals surface area contributed by atoms with Crippen molar-refractivity contribution < 1.29 is 31.1 Å². The predicted molar refractivity (Wildman–Crippen MR) is 17.8 cm³/mol. The largest absolute Gasteiger partial charge is 0.358 e. The molecule has 0 aromatic rings. The van der Waals surface area contributed by atoms with Crippen molar-refractivity contribution in [2.75, 3.05) is 0 Å². The van der Waals surface area contributed by atoms with Crippen molar-refractivity contribution in [2.45, 2.75) is 13.8 Å². The molecule has 0 N–H and O–H groups in total. The molecule has 0 bridgehead atoms. The quantitative estimate of drug-likeness (QED) is 0.591. The van der Waals surface area contributed by atoms with E-state index in [0.29, 0.717) is 0 Å². The first-order chi connectivity index (χ1) is 1.00. The van der Waals surface area contributed by atoms with Crippen molar-refractivity contribution in [2.24, 2.45) is 0 Å². The summed E-state index contributed by atoms with van der Waals surface area (Å²) < 4.78 is 0. The van der Waals surface area contributed by atoms with E-state index in [1.807, 2.05) is 13.8 Å². The van der Waals surface area contributed by atoms with Crippen LogP contribution in [0.15, 0.2) is 0 Å². The molecule has 1 heteroatoms. The van der Waals surface area contributed by atoms with Crippen molar-refractivity contribution in [1.29, 1.82) is 0 Å². The van der Waals surface area contributed by atoms with Crippen LogP contribution in [0.3, 0.4) is 0 Å². The van der Waals surface area contributed by atoms with Gasteiger partial charge in [-0.05, 0) is 0 Å². The molecule has 0 fully saturated rings. The molecule has 0 rings (SSSR count). The van der Waals surface area contributed by atoms with Crippen LogP contribution >= 0.6 is 0 Å². The maximum atomic E-state index is 2.00. The summed E-state index contributed by atoms with van der Waals surface area (Å²) in [5, 5.41) is 0. The van der Waals surface area contributed by atoms with Gasteiger partial charge in [-0.3, -0.25) is 0 Å². The second-order valence-corrected chi connectivity index (χ2v) is 0. The summed E-state index contributed by atoms with van der Waals surface area (Å²) in [7, 11) is 0. The summed E-state index contributed by atoms with van der Waals surface area (Å²) in [6, 6.07) is 0. The molecule has 0 aliphatic heterocycles. The molecule has 0 unspecified atom stereocenters. The number of hydrogen-bond donors (Lipinski definition) is 0. The van der Waals surface area contributed by atoms with Crippen LogP contribution in [0.5, 0.6) is 0 Å². The molecule has 0 nitrogen and oxygen atoms in total. The molecular weight excluding hydrogens is 274 g/mol. The summed E-state index contributed by atoms with van der Waals surface area (Å²) in [6.45, 7) is 4.00. The van der Waals surface area contributed by atoms with Gasteiger partial charge < -0.3 is 7.43 Å². The maximum Gasteiger partial charge on any atom is 0 e. The minimum atomic E-state index is 0. The zero-order valence-electron chi connectivity index (χ0n) is 3.50. The van der Waals surface area contributed by atoms with E-state index < -0.39 is 0 Å². The minimum absolute atomic E-state index is 0. The van der Waals surface area contributed by atoms with Crippen molar-refractivity contribution >= 4 is 0 Å². The molecule has 0 saturated heterocycles. The fourth-order valence-electron chi connectivity index (χ4n) is 0. The van der Waals surface area contributed by atoms with Gasteiger partial charge in [0.05, 0.1) is 0 Å². The van der Waals surface area contributed by atoms with E-state index >= 15 is 0 Å². The molecule has 0 aromatic heterocycles. The van der Waals surface area contributed by atoms with Crippen LogP contribution in [-0.4, -0.2) is 0 Å². The predicted octanol–water partition coefficient (Wildman–Crippen LogP) is 1.48. The number of rotatable bonds is 0. The molecule has 0 aliphatic carbocycles. The van der Waals surface area contributed by atoms with E-state index in [1.54, 1.807) is 0 Å². The average Bonchev–Trinajstić information content (AvgIpc) is 1.00. The van der Waals surface area contributed by atoms with Crippen molar-refractivity contribution in [3.8, 4) is 0 Å². The Morgan fingerprint density at radius 3 is 1.00 bits per heavy atom. The van der Waals surface area contributed by atoms with Gasteiger partial charge in [0.2, 0.25) is 0 Å². The molecule has 26 valence electrons. The van der Waals surface area contributed by atoms with Crippen molar-refractivity contribution in [3.63, 3.8) is 0 Å². The number of hydrogen-bond acceptors (Lipinski definition) is 0. The normalized spacial score (nSPS) is 1.50. The Balaban J connectivity index is -0.00000000500. The van der Waals surface area contributed by atoms with Crippen LogP contribution in [0.1, 0.15) is 13.8 Å². The van der Waals surface area contributed by atoms with E-state index in [-0.39, 0.29) is 38.5 Å². The van der Waals surface area contributed by atoms with Crippen LogP contribution in [0.4, 0.5) is 0 Å². The van der Waals surface area contributed by atoms with Crippen LogP contribution in [0, 0.1) is 38.5 Å². The SMILES string of the molecule is CC.[CH3-].[U]. The van der Waals surface area contributed by atoms with Gasteiger partial charge in [0.15, 0.2) is 0 Å².